The number of benzene rings is 2. The van der Waals surface area contributed by atoms with Gasteiger partial charge in [0.1, 0.15) is 5.82 Å². The van der Waals surface area contributed by atoms with E-state index in [0.29, 0.717) is 28.2 Å². The van der Waals surface area contributed by atoms with E-state index >= 15 is 0 Å². The van der Waals surface area contributed by atoms with Gasteiger partial charge in [0.2, 0.25) is 0 Å². The van der Waals surface area contributed by atoms with Crippen LogP contribution >= 0.6 is 21.2 Å². The molecule has 3 unspecified atom stereocenters. The predicted molar refractivity (Wildman–Crippen MR) is 188 cm³/mol. The van der Waals surface area contributed by atoms with E-state index in [1.54, 1.807) is 37.2 Å². The summed E-state index contributed by atoms with van der Waals surface area (Å²) in [6.07, 6.45) is 7.96. The monoisotopic (exact) mass is 652 g/mol. The summed E-state index contributed by atoms with van der Waals surface area (Å²) in [4.78, 5) is 18.2. The molecular weight excluding hydrogens is 610 g/mol. The molecule has 1 aliphatic rings. The second-order valence-electron chi connectivity index (χ2n) is 10.9. The molecule has 1 aromatic heterocycles. The van der Waals surface area contributed by atoms with Gasteiger partial charge in [-0.3, -0.25) is 4.79 Å². The molecule has 5 N–H and O–H groups in total. The molecule has 1 aliphatic heterocycles. The van der Waals surface area contributed by atoms with Crippen molar-refractivity contribution in [2.45, 2.75) is 71.6 Å². The van der Waals surface area contributed by atoms with Crippen LogP contribution in [-0.4, -0.2) is 44.5 Å². The number of rotatable bonds is 12. The molecule has 45 heavy (non-hydrogen) atoms. The number of para-hydroxylation sites is 1. The fraction of sp³-hybridized carbons (Fsp3) is 0.364. The Hall–Kier alpha value is -3.66. The third-order valence-corrected chi connectivity index (χ3v) is 9.49. The molecule has 0 saturated heterocycles. The molecule has 0 aliphatic carbocycles. The Balaban J connectivity index is 1.54. The minimum Gasteiger partial charge on any atom is -0.440 e. The first kappa shape index (κ1) is 34.2. The van der Waals surface area contributed by atoms with Crippen molar-refractivity contribution in [1.29, 1.82) is 0 Å². The first-order valence-corrected chi connectivity index (χ1v) is 16.4. The van der Waals surface area contributed by atoms with E-state index in [0.717, 1.165) is 47.3 Å². The van der Waals surface area contributed by atoms with Gasteiger partial charge in [-0.25, -0.2) is 14.1 Å². The van der Waals surface area contributed by atoms with E-state index in [1.807, 2.05) is 19.9 Å². The zero-order valence-corrected chi connectivity index (χ0v) is 28.3. The van der Waals surface area contributed by atoms with E-state index in [4.69, 9.17) is 10.5 Å². The molecular formula is C33H42FN6O3PS. The van der Waals surface area contributed by atoms with Crippen LogP contribution in [-0.2, 0) is 6.42 Å². The number of Topliss-reactive ketones (excluding diaryl/α,β-unsaturated/α-hetero) is 1. The molecule has 240 valence electrons. The molecule has 0 bridgehead atoms. The van der Waals surface area contributed by atoms with Crippen LogP contribution in [0.25, 0.3) is 5.70 Å². The molecule has 12 heteroatoms. The lowest BCUT2D eigenvalue weighted by atomic mass is 9.92. The second-order valence-corrected chi connectivity index (χ2v) is 12.7. The number of aromatic nitrogens is 2. The van der Waals surface area contributed by atoms with Crippen LogP contribution in [0.4, 0.5) is 21.6 Å². The minimum atomic E-state index is -0.492. The molecule has 3 atom stereocenters. The summed E-state index contributed by atoms with van der Waals surface area (Å²) in [5.74, 6) is -0.131. The Morgan fingerprint density at radius 3 is 2.87 bits per heavy atom. The highest BCUT2D eigenvalue weighted by molar-refractivity contribution is 8.01. The van der Waals surface area contributed by atoms with Crippen molar-refractivity contribution in [2.24, 2.45) is 4.99 Å². The van der Waals surface area contributed by atoms with Gasteiger partial charge >= 0.3 is 0 Å². The number of nitrogen functional groups attached to an aromatic ring is 1. The fourth-order valence-electron chi connectivity index (χ4n) is 4.97. The number of nitrogens with two attached hydrogens (primary N) is 1. The maximum Gasteiger partial charge on any atom is 0.191 e. The predicted octanol–water partition coefficient (Wildman–Crippen LogP) is 6.51. The van der Waals surface area contributed by atoms with Crippen molar-refractivity contribution in [1.82, 2.24) is 9.78 Å². The van der Waals surface area contributed by atoms with E-state index < -0.39 is 11.9 Å². The highest BCUT2D eigenvalue weighted by Gasteiger charge is 2.29. The SMILES string of the molecule is C\C=C(C)/C(=C\N=C(/C)Oc1c(F)cccc1P)n1ncc(C(=O)C2CCc3cc(C)c(NSC(CC)CCO)cc3N2)c1N. The first-order chi connectivity index (χ1) is 21.6. The van der Waals surface area contributed by atoms with E-state index in [1.165, 1.54) is 16.9 Å². The number of aryl methyl sites for hydroxylation is 2. The molecule has 2 heterocycles. The first-order valence-electron chi connectivity index (χ1n) is 15.0. The molecule has 0 amide bonds. The summed E-state index contributed by atoms with van der Waals surface area (Å²) in [5.41, 5.74) is 12.4. The van der Waals surface area contributed by atoms with Crippen molar-refractivity contribution in [2.75, 3.05) is 22.4 Å². The lowest BCUT2D eigenvalue weighted by Gasteiger charge is -2.27. The zero-order chi connectivity index (χ0) is 32.7. The van der Waals surface area contributed by atoms with Crippen molar-refractivity contribution in [3.05, 3.63) is 76.9 Å². The lowest BCUT2D eigenvalue weighted by molar-refractivity contribution is 0.0965. The van der Waals surface area contributed by atoms with Crippen molar-refractivity contribution >= 4 is 61.1 Å². The van der Waals surface area contributed by atoms with Gasteiger partial charge in [-0.15, -0.1) is 9.24 Å². The quantitative estimate of drug-likeness (QED) is 0.0436. The van der Waals surface area contributed by atoms with Crippen molar-refractivity contribution in [3.63, 3.8) is 0 Å². The number of halogens is 1. The molecule has 3 aromatic rings. The largest absolute Gasteiger partial charge is 0.440 e. The summed E-state index contributed by atoms with van der Waals surface area (Å²) in [7, 11) is 2.44. The summed E-state index contributed by atoms with van der Waals surface area (Å²) in [5, 5.41) is 18.1. The van der Waals surface area contributed by atoms with E-state index in [9.17, 15) is 14.3 Å². The maximum atomic E-state index is 14.3. The number of allylic oxidation sites excluding steroid dienone is 3. The number of fused-ring (bicyclic) bond motifs is 1. The van der Waals surface area contributed by atoms with Crippen LogP contribution in [0.5, 0.6) is 5.75 Å². The van der Waals surface area contributed by atoms with Gasteiger partial charge < -0.3 is 25.6 Å². The molecule has 9 nitrogen and oxygen atoms in total. The molecule has 0 spiro atoms. The number of aliphatic hydroxyl groups is 1. The van der Waals surface area contributed by atoms with Gasteiger partial charge in [-0.2, -0.15) is 5.10 Å². The average molecular weight is 653 g/mol. The van der Waals surface area contributed by atoms with Gasteiger partial charge in [0, 0.05) is 35.5 Å². The van der Waals surface area contributed by atoms with Crippen LogP contribution in [0.1, 0.15) is 68.4 Å². The Bertz CT molecular complexity index is 1620. The normalized spacial score (nSPS) is 16.2. The van der Waals surface area contributed by atoms with Gasteiger partial charge in [0.05, 0.1) is 29.7 Å². The summed E-state index contributed by atoms with van der Waals surface area (Å²) >= 11 is 1.61. The number of hydrogen-bond donors (Lipinski definition) is 4. The van der Waals surface area contributed by atoms with Gasteiger partial charge in [-0.1, -0.05) is 31.2 Å². The third-order valence-electron chi connectivity index (χ3n) is 7.79. The highest BCUT2D eigenvalue weighted by atomic mass is 32.2. The van der Waals surface area contributed by atoms with Crippen LogP contribution in [0.2, 0.25) is 0 Å². The molecule has 2 aromatic carbocycles. The van der Waals surface area contributed by atoms with Crippen LogP contribution in [0, 0.1) is 12.7 Å². The Morgan fingerprint density at radius 1 is 1.40 bits per heavy atom. The number of anilines is 3. The number of nitrogens with one attached hydrogen (secondary N) is 2. The number of ether oxygens (including phenoxy) is 1. The third kappa shape index (κ3) is 8.14. The fourth-order valence-corrected chi connectivity index (χ4v) is 6.18. The number of ketones is 1. The van der Waals surface area contributed by atoms with Crippen molar-refractivity contribution < 1.29 is 19.0 Å². The number of aliphatic hydroxyl groups excluding tert-OH is 1. The second kappa shape index (κ2) is 15.6. The molecule has 0 radical (unpaired) electrons. The summed E-state index contributed by atoms with van der Waals surface area (Å²) in [6.45, 7) is 9.72. The summed E-state index contributed by atoms with van der Waals surface area (Å²) in [6, 6.07) is 8.38. The number of aliphatic imine (C=N–C) groups is 1. The lowest BCUT2D eigenvalue weighted by Crippen LogP contribution is -2.34. The van der Waals surface area contributed by atoms with Crippen LogP contribution in [0.15, 0.2) is 59.4 Å². The zero-order valence-electron chi connectivity index (χ0n) is 26.4. The smallest absolute Gasteiger partial charge is 0.191 e. The maximum absolute atomic E-state index is 14.3. The molecule has 0 saturated carbocycles. The van der Waals surface area contributed by atoms with Crippen LogP contribution < -0.4 is 25.8 Å². The standard InChI is InChI=1S/C33H42FN6O3PS/c1-6-19(3)29(18-36-21(5)43-32-25(34)9-8-10-30(32)44)40-33(35)24(17-37-40)31(42)26-12-11-22-15-20(4)27(16-28(22)38-26)39-45-23(7-2)13-14-41/h6,8-10,15-18,23,26,38-39,41H,7,11-14,35,44H2,1-5H3/b19-6-,29-18+,36-21+. The van der Waals surface area contributed by atoms with E-state index in [2.05, 4.69) is 55.3 Å². The minimum absolute atomic E-state index is 0.0816. The van der Waals surface area contributed by atoms with Gasteiger partial charge in [-0.05, 0) is 87.2 Å². The number of carbonyl (C=O) groups excluding carboxylic acids is 1. The molecule has 0 fully saturated rings. The Morgan fingerprint density at radius 2 is 2.18 bits per heavy atom. The van der Waals surface area contributed by atoms with Crippen molar-refractivity contribution in [3.8, 4) is 5.75 Å². The number of nitrogens with zero attached hydrogens (tertiary/aromatic N) is 3. The Labute approximate surface area is 270 Å². The van der Waals surface area contributed by atoms with Crippen LogP contribution in [0.3, 0.4) is 0 Å². The van der Waals surface area contributed by atoms with Gasteiger partial charge in [0.15, 0.2) is 23.2 Å². The Kier molecular flexibility index (Phi) is 11.8. The molecule has 4 rings (SSSR count). The summed E-state index contributed by atoms with van der Waals surface area (Å²) < 4.78 is 24.9. The van der Waals surface area contributed by atoms with Gasteiger partial charge in [0.25, 0.3) is 0 Å². The highest BCUT2D eigenvalue weighted by Crippen LogP contribution is 2.34. The number of carbonyl (C=O) groups is 1. The topological polar surface area (TPSA) is 127 Å². The average Bonchev–Trinajstić information content (AvgIpc) is 3.40. The van der Waals surface area contributed by atoms with E-state index in [-0.39, 0.29) is 29.9 Å². The number of hydrogen-bond acceptors (Lipinski definition) is 9.